The lowest BCUT2D eigenvalue weighted by atomic mass is 10.2. The lowest BCUT2D eigenvalue weighted by molar-refractivity contribution is 0.275. The van der Waals surface area contributed by atoms with Crippen LogP contribution in [-0.4, -0.2) is 53.4 Å². The van der Waals surface area contributed by atoms with Gasteiger partial charge >= 0.3 is 0 Å². The summed E-state index contributed by atoms with van der Waals surface area (Å²) in [5.74, 6) is 0. The molecule has 0 saturated carbocycles. The highest BCUT2D eigenvalue weighted by Crippen LogP contribution is 2.31. The standard InChI is InChI=1S/C20H27N5O/c1-16(2)24-20(26)11-10-18(21-24)19-12-13-23(15-14-22(3)4)25(19)17-8-6-5-7-9-17/h5-12,16H,13-15H2,1-4H3. The van der Waals surface area contributed by atoms with Crippen LogP contribution in [0.2, 0.25) is 0 Å². The first-order valence-electron chi connectivity index (χ1n) is 9.02. The summed E-state index contributed by atoms with van der Waals surface area (Å²) in [6.45, 7) is 6.63. The number of hydrazine groups is 1. The Kier molecular flexibility index (Phi) is 5.54. The first-order chi connectivity index (χ1) is 12.5. The van der Waals surface area contributed by atoms with Gasteiger partial charge in [0.2, 0.25) is 0 Å². The summed E-state index contributed by atoms with van der Waals surface area (Å²) in [6, 6.07) is 13.7. The third-order valence-electron chi connectivity index (χ3n) is 4.39. The highest BCUT2D eigenvalue weighted by Gasteiger charge is 2.27. The van der Waals surface area contributed by atoms with E-state index in [-0.39, 0.29) is 11.6 Å². The van der Waals surface area contributed by atoms with Crippen molar-refractivity contribution in [2.45, 2.75) is 19.9 Å². The normalized spacial score (nSPS) is 15.2. The first-order valence-corrected chi connectivity index (χ1v) is 9.02. The van der Waals surface area contributed by atoms with Crippen LogP contribution in [0.3, 0.4) is 0 Å². The van der Waals surface area contributed by atoms with Gasteiger partial charge in [-0.3, -0.25) is 9.80 Å². The average molecular weight is 353 g/mol. The molecule has 138 valence electrons. The zero-order valence-corrected chi connectivity index (χ0v) is 16.0. The van der Waals surface area contributed by atoms with Gasteiger partial charge < -0.3 is 4.90 Å². The second-order valence-electron chi connectivity index (χ2n) is 7.05. The molecule has 1 aromatic heterocycles. The smallest absolute Gasteiger partial charge is 0.267 e. The van der Waals surface area contributed by atoms with E-state index in [1.165, 1.54) is 0 Å². The molecular formula is C20H27N5O. The fraction of sp³-hybridized carbons (Fsp3) is 0.400. The molecule has 0 N–H and O–H groups in total. The predicted molar refractivity (Wildman–Crippen MR) is 106 cm³/mol. The van der Waals surface area contributed by atoms with Crippen molar-refractivity contribution in [3.63, 3.8) is 0 Å². The summed E-state index contributed by atoms with van der Waals surface area (Å²) < 4.78 is 1.54. The van der Waals surface area contributed by atoms with E-state index < -0.39 is 0 Å². The zero-order valence-electron chi connectivity index (χ0n) is 16.0. The highest BCUT2D eigenvalue weighted by molar-refractivity contribution is 5.78. The highest BCUT2D eigenvalue weighted by atomic mass is 16.1. The Balaban J connectivity index is 1.97. The van der Waals surface area contributed by atoms with E-state index in [4.69, 9.17) is 0 Å². The van der Waals surface area contributed by atoms with Crippen LogP contribution >= 0.6 is 0 Å². The van der Waals surface area contributed by atoms with Crippen molar-refractivity contribution in [1.82, 2.24) is 19.7 Å². The van der Waals surface area contributed by atoms with Crippen molar-refractivity contribution < 1.29 is 0 Å². The van der Waals surface area contributed by atoms with E-state index in [2.05, 4.69) is 52.3 Å². The predicted octanol–water partition coefficient (Wildman–Crippen LogP) is 2.46. The number of anilines is 1. The fourth-order valence-corrected chi connectivity index (χ4v) is 3.04. The van der Waals surface area contributed by atoms with Gasteiger partial charge in [0.25, 0.3) is 5.56 Å². The van der Waals surface area contributed by atoms with Gasteiger partial charge in [0.15, 0.2) is 0 Å². The lowest BCUT2D eigenvalue weighted by Crippen LogP contribution is -2.41. The van der Waals surface area contributed by atoms with Crippen LogP contribution in [0.4, 0.5) is 5.69 Å². The minimum atomic E-state index is -0.0712. The summed E-state index contributed by atoms with van der Waals surface area (Å²) >= 11 is 0. The van der Waals surface area contributed by atoms with Crippen molar-refractivity contribution in [1.29, 1.82) is 0 Å². The van der Waals surface area contributed by atoms with Crippen molar-refractivity contribution in [2.75, 3.05) is 38.7 Å². The maximum absolute atomic E-state index is 12.1. The molecule has 1 aliphatic rings. The van der Waals surface area contributed by atoms with Crippen LogP contribution in [0.1, 0.15) is 25.6 Å². The molecule has 0 amide bonds. The molecule has 0 radical (unpaired) electrons. The summed E-state index contributed by atoms with van der Waals surface area (Å²) in [6.07, 6.45) is 2.18. The Morgan fingerprint density at radius 2 is 1.85 bits per heavy atom. The molecule has 26 heavy (non-hydrogen) atoms. The molecule has 0 fully saturated rings. The van der Waals surface area contributed by atoms with Crippen molar-refractivity contribution in [2.24, 2.45) is 0 Å². The Morgan fingerprint density at radius 3 is 2.50 bits per heavy atom. The molecule has 1 aliphatic heterocycles. The maximum Gasteiger partial charge on any atom is 0.267 e. The number of hydrogen-bond acceptors (Lipinski definition) is 5. The molecule has 2 heterocycles. The summed E-state index contributed by atoms with van der Waals surface area (Å²) in [5, 5.41) is 9.13. The molecule has 6 heteroatoms. The molecule has 0 atom stereocenters. The summed E-state index contributed by atoms with van der Waals surface area (Å²) in [7, 11) is 4.16. The molecule has 0 spiro atoms. The third kappa shape index (κ3) is 3.86. The number of para-hydroxylation sites is 1. The number of hydrogen-bond donors (Lipinski definition) is 0. The average Bonchev–Trinajstić information content (AvgIpc) is 3.04. The first kappa shape index (κ1) is 18.4. The lowest BCUT2D eigenvalue weighted by Gasteiger charge is -2.33. The van der Waals surface area contributed by atoms with E-state index in [1.54, 1.807) is 10.7 Å². The Morgan fingerprint density at radius 1 is 1.12 bits per heavy atom. The van der Waals surface area contributed by atoms with E-state index in [9.17, 15) is 4.79 Å². The molecular weight excluding hydrogens is 326 g/mol. The second-order valence-corrected chi connectivity index (χ2v) is 7.05. The van der Waals surface area contributed by atoms with Gasteiger partial charge in [-0.25, -0.2) is 9.69 Å². The van der Waals surface area contributed by atoms with Crippen LogP contribution in [0.25, 0.3) is 5.70 Å². The molecule has 0 unspecified atom stereocenters. The Bertz CT molecular complexity index is 826. The number of rotatable bonds is 6. The Hall–Kier alpha value is -2.44. The molecule has 3 rings (SSSR count). The second kappa shape index (κ2) is 7.85. The van der Waals surface area contributed by atoms with Crippen molar-refractivity contribution in [3.05, 3.63) is 64.6 Å². The van der Waals surface area contributed by atoms with Crippen LogP contribution < -0.4 is 10.6 Å². The van der Waals surface area contributed by atoms with Crippen LogP contribution in [0, 0.1) is 0 Å². The van der Waals surface area contributed by atoms with Gasteiger partial charge in [0.1, 0.15) is 5.69 Å². The maximum atomic E-state index is 12.1. The van der Waals surface area contributed by atoms with Gasteiger partial charge in [-0.15, -0.1) is 0 Å². The van der Waals surface area contributed by atoms with E-state index in [1.807, 2.05) is 38.1 Å². The van der Waals surface area contributed by atoms with Gasteiger partial charge in [0, 0.05) is 25.7 Å². The van der Waals surface area contributed by atoms with Crippen molar-refractivity contribution >= 4 is 11.4 Å². The third-order valence-corrected chi connectivity index (χ3v) is 4.39. The van der Waals surface area contributed by atoms with Crippen LogP contribution in [0.5, 0.6) is 0 Å². The summed E-state index contributed by atoms with van der Waals surface area (Å²) in [4.78, 5) is 14.3. The largest absolute Gasteiger partial charge is 0.308 e. The topological polar surface area (TPSA) is 44.6 Å². The number of likely N-dealkylation sites (N-methyl/N-ethyl adjacent to an activating group) is 1. The molecule has 2 aromatic rings. The van der Waals surface area contributed by atoms with E-state index in [0.717, 1.165) is 36.7 Å². The Labute approximate surface area is 154 Å². The fourth-order valence-electron chi connectivity index (χ4n) is 3.04. The van der Waals surface area contributed by atoms with Crippen molar-refractivity contribution in [3.8, 4) is 0 Å². The van der Waals surface area contributed by atoms with Gasteiger partial charge in [-0.2, -0.15) is 5.10 Å². The number of aromatic nitrogens is 2. The minimum Gasteiger partial charge on any atom is -0.308 e. The number of nitrogens with zero attached hydrogens (tertiary/aromatic N) is 5. The molecule has 1 aromatic carbocycles. The van der Waals surface area contributed by atoms with Crippen LogP contribution in [-0.2, 0) is 0 Å². The molecule has 0 bridgehead atoms. The zero-order chi connectivity index (χ0) is 18.7. The van der Waals surface area contributed by atoms with Gasteiger partial charge in [-0.05, 0) is 52.2 Å². The van der Waals surface area contributed by atoms with Gasteiger partial charge in [0.05, 0.1) is 17.4 Å². The molecule has 0 saturated heterocycles. The van der Waals surface area contributed by atoms with E-state index in [0.29, 0.717) is 0 Å². The van der Waals surface area contributed by atoms with E-state index >= 15 is 0 Å². The summed E-state index contributed by atoms with van der Waals surface area (Å²) in [5.41, 5.74) is 2.86. The molecule has 6 nitrogen and oxygen atoms in total. The monoisotopic (exact) mass is 353 g/mol. The minimum absolute atomic E-state index is 0.0273. The van der Waals surface area contributed by atoms with Crippen LogP contribution in [0.15, 0.2) is 53.3 Å². The number of benzene rings is 1. The quantitative estimate of drug-likeness (QED) is 0.798. The van der Waals surface area contributed by atoms with Gasteiger partial charge in [-0.1, -0.05) is 18.2 Å². The molecule has 0 aliphatic carbocycles. The SMILES string of the molecule is CC(C)n1nc(C2=CCN(CCN(C)C)N2c2ccccc2)ccc1=O.